The number of aromatic nitrogens is 2. The number of anilines is 2. The minimum atomic E-state index is -0.121. The van der Waals surface area contributed by atoms with Crippen molar-refractivity contribution < 1.29 is 4.79 Å². The normalized spacial score (nSPS) is 15.5. The number of carbonyl (C=O) groups excluding carboxylic acids is 1. The Bertz CT molecular complexity index is 849. The van der Waals surface area contributed by atoms with Crippen LogP contribution in [0.3, 0.4) is 0 Å². The lowest BCUT2D eigenvalue weighted by Crippen LogP contribution is -2.34. The lowest BCUT2D eigenvalue weighted by Gasteiger charge is -2.30. The van der Waals surface area contributed by atoms with Crippen molar-refractivity contribution in [2.75, 3.05) is 23.3 Å². The Labute approximate surface area is 150 Å². The summed E-state index contributed by atoms with van der Waals surface area (Å²) in [7, 11) is 0. The summed E-state index contributed by atoms with van der Waals surface area (Å²) in [5, 5.41) is 3.97. The molecule has 128 valence electrons. The monoisotopic (exact) mass is 352 g/mol. The van der Waals surface area contributed by atoms with Gasteiger partial charge in [-0.1, -0.05) is 25.1 Å². The number of rotatable bonds is 3. The Hall–Kier alpha value is -2.47. The van der Waals surface area contributed by atoms with Gasteiger partial charge < -0.3 is 10.2 Å². The second kappa shape index (κ2) is 6.80. The summed E-state index contributed by atoms with van der Waals surface area (Å²) >= 11 is 1.49. The van der Waals surface area contributed by atoms with Crippen LogP contribution in [0.5, 0.6) is 0 Å². The van der Waals surface area contributed by atoms with Crippen LogP contribution in [0, 0.1) is 5.92 Å². The SMILES string of the molecule is CC1CCN(c2ncc(NC(=O)c3cc4ccccc4s3)cn2)CC1. The topological polar surface area (TPSA) is 58.1 Å². The second-order valence-corrected chi connectivity index (χ2v) is 7.63. The molecular formula is C19H20N4OS. The molecule has 0 aliphatic carbocycles. The molecule has 1 N–H and O–H groups in total. The van der Waals surface area contributed by atoms with Crippen molar-refractivity contribution >= 4 is 39.0 Å². The summed E-state index contributed by atoms with van der Waals surface area (Å²) in [6, 6.07) is 9.91. The number of nitrogens with one attached hydrogen (secondary N) is 1. The van der Waals surface area contributed by atoms with Crippen LogP contribution in [0.15, 0.2) is 42.7 Å². The molecule has 0 radical (unpaired) electrons. The molecule has 3 heterocycles. The number of piperidine rings is 1. The number of nitrogens with zero attached hydrogens (tertiary/aromatic N) is 3. The van der Waals surface area contributed by atoms with E-state index in [0.29, 0.717) is 10.6 Å². The zero-order valence-corrected chi connectivity index (χ0v) is 14.9. The van der Waals surface area contributed by atoms with Crippen molar-refractivity contribution in [2.45, 2.75) is 19.8 Å². The quantitative estimate of drug-likeness (QED) is 0.768. The zero-order valence-electron chi connectivity index (χ0n) is 14.1. The Morgan fingerprint density at radius 2 is 1.92 bits per heavy atom. The fraction of sp³-hybridized carbons (Fsp3) is 0.316. The molecule has 0 unspecified atom stereocenters. The molecule has 25 heavy (non-hydrogen) atoms. The predicted molar refractivity (Wildman–Crippen MR) is 102 cm³/mol. The van der Waals surface area contributed by atoms with E-state index in [2.05, 4.69) is 27.1 Å². The van der Waals surface area contributed by atoms with Gasteiger partial charge in [0.05, 0.1) is 23.0 Å². The van der Waals surface area contributed by atoms with Crippen LogP contribution in [-0.4, -0.2) is 29.0 Å². The van der Waals surface area contributed by atoms with Crippen LogP contribution in [-0.2, 0) is 0 Å². The van der Waals surface area contributed by atoms with E-state index in [1.54, 1.807) is 12.4 Å². The average Bonchev–Trinajstić information content (AvgIpc) is 3.07. The Morgan fingerprint density at radius 3 is 2.64 bits per heavy atom. The number of hydrogen-bond acceptors (Lipinski definition) is 5. The fourth-order valence-corrected chi connectivity index (χ4v) is 4.00. The maximum absolute atomic E-state index is 12.4. The highest BCUT2D eigenvalue weighted by Gasteiger charge is 2.18. The number of fused-ring (bicyclic) bond motifs is 1. The van der Waals surface area contributed by atoms with E-state index < -0.39 is 0 Å². The van der Waals surface area contributed by atoms with Gasteiger partial charge in [-0.2, -0.15) is 0 Å². The Balaban J connectivity index is 1.44. The summed E-state index contributed by atoms with van der Waals surface area (Å²) in [5.41, 5.74) is 0.622. The molecule has 0 bridgehead atoms. The van der Waals surface area contributed by atoms with Crippen molar-refractivity contribution in [2.24, 2.45) is 5.92 Å². The predicted octanol–water partition coefficient (Wildman–Crippen LogP) is 4.18. The lowest BCUT2D eigenvalue weighted by atomic mass is 10.00. The van der Waals surface area contributed by atoms with Gasteiger partial charge in [0.2, 0.25) is 5.95 Å². The molecule has 1 fully saturated rings. The first-order valence-electron chi connectivity index (χ1n) is 8.56. The van der Waals surface area contributed by atoms with Crippen LogP contribution < -0.4 is 10.2 Å². The first kappa shape index (κ1) is 16.0. The molecule has 5 nitrogen and oxygen atoms in total. The molecule has 0 spiro atoms. The van der Waals surface area contributed by atoms with Gasteiger partial charge in [0.15, 0.2) is 0 Å². The highest BCUT2D eigenvalue weighted by atomic mass is 32.1. The van der Waals surface area contributed by atoms with Crippen molar-refractivity contribution in [1.82, 2.24) is 9.97 Å². The van der Waals surface area contributed by atoms with Gasteiger partial charge in [-0.15, -0.1) is 11.3 Å². The van der Waals surface area contributed by atoms with Crippen molar-refractivity contribution in [3.63, 3.8) is 0 Å². The third-order valence-corrected chi connectivity index (χ3v) is 5.73. The molecule has 1 aromatic carbocycles. The molecule has 4 rings (SSSR count). The molecule has 2 aromatic heterocycles. The molecule has 1 aliphatic heterocycles. The number of amides is 1. The van der Waals surface area contributed by atoms with Gasteiger partial charge >= 0.3 is 0 Å². The minimum Gasteiger partial charge on any atom is -0.341 e. The van der Waals surface area contributed by atoms with Crippen LogP contribution in [0.25, 0.3) is 10.1 Å². The standard InChI is InChI=1S/C19H20N4OS/c1-13-6-8-23(9-7-13)19-20-11-15(12-21-19)22-18(24)17-10-14-4-2-3-5-16(14)25-17/h2-5,10-13H,6-9H2,1H3,(H,22,24). The molecular weight excluding hydrogens is 332 g/mol. The van der Waals surface area contributed by atoms with E-state index in [4.69, 9.17) is 0 Å². The van der Waals surface area contributed by atoms with Crippen LogP contribution in [0.1, 0.15) is 29.4 Å². The molecule has 0 saturated carbocycles. The molecule has 0 atom stereocenters. The number of thiophene rings is 1. The van der Waals surface area contributed by atoms with E-state index in [0.717, 1.165) is 35.0 Å². The number of hydrogen-bond donors (Lipinski definition) is 1. The largest absolute Gasteiger partial charge is 0.341 e. The third-order valence-electron chi connectivity index (χ3n) is 4.61. The maximum Gasteiger partial charge on any atom is 0.265 e. The Morgan fingerprint density at radius 1 is 1.20 bits per heavy atom. The second-order valence-electron chi connectivity index (χ2n) is 6.54. The molecule has 1 saturated heterocycles. The first-order chi connectivity index (χ1) is 12.2. The fourth-order valence-electron chi connectivity index (χ4n) is 3.04. The summed E-state index contributed by atoms with van der Waals surface area (Å²) < 4.78 is 1.11. The minimum absolute atomic E-state index is 0.121. The molecule has 6 heteroatoms. The van der Waals surface area contributed by atoms with Gasteiger partial charge in [0, 0.05) is 17.8 Å². The van der Waals surface area contributed by atoms with Gasteiger partial charge in [0.1, 0.15) is 0 Å². The molecule has 1 amide bonds. The van der Waals surface area contributed by atoms with Crippen molar-refractivity contribution in [3.05, 3.63) is 47.6 Å². The highest BCUT2D eigenvalue weighted by molar-refractivity contribution is 7.20. The van der Waals surface area contributed by atoms with E-state index in [1.807, 2.05) is 30.3 Å². The van der Waals surface area contributed by atoms with Crippen molar-refractivity contribution in [1.29, 1.82) is 0 Å². The maximum atomic E-state index is 12.4. The average molecular weight is 352 g/mol. The van der Waals surface area contributed by atoms with E-state index in [9.17, 15) is 4.79 Å². The summed E-state index contributed by atoms with van der Waals surface area (Å²) in [5.74, 6) is 1.40. The molecule has 3 aromatic rings. The van der Waals surface area contributed by atoms with Gasteiger partial charge in [-0.3, -0.25) is 4.79 Å². The lowest BCUT2D eigenvalue weighted by molar-refractivity contribution is 0.103. The van der Waals surface area contributed by atoms with Gasteiger partial charge in [-0.05, 0) is 36.3 Å². The van der Waals surface area contributed by atoms with Gasteiger partial charge in [-0.25, -0.2) is 9.97 Å². The summed E-state index contributed by atoms with van der Waals surface area (Å²) in [6.45, 7) is 4.27. The summed E-state index contributed by atoms with van der Waals surface area (Å²) in [4.78, 5) is 24.2. The van der Waals surface area contributed by atoms with Crippen LogP contribution >= 0.6 is 11.3 Å². The zero-order chi connectivity index (χ0) is 17.2. The van der Waals surface area contributed by atoms with E-state index in [-0.39, 0.29) is 5.91 Å². The first-order valence-corrected chi connectivity index (χ1v) is 9.37. The van der Waals surface area contributed by atoms with E-state index in [1.165, 1.54) is 24.2 Å². The van der Waals surface area contributed by atoms with E-state index >= 15 is 0 Å². The third kappa shape index (κ3) is 3.49. The van der Waals surface area contributed by atoms with Crippen molar-refractivity contribution in [3.8, 4) is 0 Å². The highest BCUT2D eigenvalue weighted by Crippen LogP contribution is 2.26. The smallest absolute Gasteiger partial charge is 0.265 e. The van der Waals surface area contributed by atoms with Crippen LogP contribution in [0.2, 0.25) is 0 Å². The Kier molecular flexibility index (Phi) is 4.36. The number of carbonyl (C=O) groups is 1. The van der Waals surface area contributed by atoms with Crippen LogP contribution in [0.4, 0.5) is 11.6 Å². The molecule has 1 aliphatic rings. The summed E-state index contributed by atoms with van der Waals surface area (Å²) in [6.07, 6.45) is 5.72. The number of benzene rings is 1. The van der Waals surface area contributed by atoms with Gasteiger partial charge in [0.25, 0.3) is 5.91 Å².